The van der Waals surface area contributed by atoms with Gasteiger partial charge >= 0.3 is 5.97 Å². The number of ether oxygens (including phenoxy) is 3. The molecule has 1 aromatic carbocycles. The van der Waals surface area contributed by atoms with Gasteiger partial charge in [-0.25, -0.2) is 4.79 Å². The molecule has 0 spiro atoms. The van der Waals surface area contributed by atoms with E-state index in [-0.39, 0.29) is 0 Å². The highest BCUT2D eigenvalue weighted by molar-refractivity contribution is 7.80. The van der Waals surface area contributed by atoms with Crippen LogP contribution in [-0.4, -0.2) is 32.5 Å². The van der Waals surface area contributed by atoms with Crippen molar-refractivity contribution in [2.75, 3.05) is 26.6 Å². The predicted octanol–water partition coefficient (Wildman–Crippen LogP) is 1.79. The lowest BCUT2D eigenvalue weighted by Gasteiger charge is -2.10. The summed E-state index contributed by atoms with van der Waals surface area (Å²) in [7, 11) is 2.85. The molecule has 0 amide bonds. The first-order chi connectivity index (χ1) is 7.72. The van der Waals surface area contributed by atoms with E-state index in [1.807, 2.05) is 0 Å². The molecule has 0 N–H and O–H groups in total. The summed E-state index contributed by atoms with van der Waals surface area (Å²) in [6.07, 6.45) is 0. The molecule has 0 atom stereocenters. The summed E-state index contributed by atoms with van der Waals surface area (Å²) in [4.78, 5) is 11.3. The van der Waals surface area contributed by atoms with Crippen molar-refractivity contribution in [2.45, 2.75) is 0 Å². The van der Waals surface area contributed by atoms with Crippen LogP contribution in [0.25, 0.3) is 0 Å². The Morgan fingerprint density at radius 3 is 2.62 bits per heavy atom. The second-order valence-electron chi connectivity index (χ2n) is 2.93. The maximum Gasteiger partial charge on any atom is 0.337 e. The van der Waals surface area contributed by atoms with Crippen molar-refractivity contribution in [1.29, 1.82) is 0 Å². The lowest BCUT2D eigenvalue weighted by molar-refractivity contribution is 0.0600. The van der Waals surface area contributed by atoms with Crippen LogP contribution in [0, 0.1) is 0 Å². The molecule has 1 aromatic rings. The molecule has 0 radical (unpaired) electrons. The van der Waals surface area contributed by atoms with Crippen LogP contribution in [0.3, 0.4) is 0 Å². The molecule has 0 aliphatic carbocycles. The van der Waals surface area contributed by atoms with Crippen LogP contribution < -0.4 is 9.47 Å². The van der Waals surface area contributed by atoms with E-state index < -0.39 is 5.97 Å². The standard InChI is InChI=1S/C11H14O4S/c1-13-10-7-8(11(12)14-2)3-4-9(10)15-5-6-16/h3-4,7,16H,5-6H2,1-2H3. The number of methoxy groups -OCH3 is 2. The van der Waals surface area contributed by atoms with Crippen LogP contribution in [0.2, 0.25) is 0 Å². The summed E-state index contributed by atoms with van der Waals surface area (Å²) in [6.45, 7) is 0.483. The van der Waals surface area contributed by atoms with Gasteiger partial charge in [-0.15, -0.1) is 0 Å². The molecule has 0 heterocycles. The number of hydrogen-bond donors (Lipinski definition) is 1. The van der Waals surface area contributed by atoms with Gasteiger partial charge in [0.1, 0.15) is 0 Å². The summed E-state index contributed by atoms with van der Waals surface area (Å²) in [6, 6.07) is 4.89. The van der Waals surface area contributed by atoms with E-state index in [0.717, 1.165) is 0 Å². The second-order valence-corrected chi connectivity index (χ2v) is 3.38. The number of esters is 1. The Morgan fingerprint density at radius 2 is 2.06 bits per heavy atom. The highest BCUT2D eigenvalue weighted by atomic mass is 32.1. The topological polar surface area (TPSA) is 44.8 Å². The van der Waals surface area contributed by atoms with Crippen molar-refractivity contribution in [2.24, 2.45) is 0 Å². The average molecular weight is 242 g/mol. The van der Waals surface area contributed by atoms with Crippen LogP contribution in [0.5, 0.6) is 11.5 Å². The number of carbonyl (C=O) groups excluding carboxylic acids is 1. The molecular weight excluding hydrogens is 228 g/mol. The number of benzene rings is 1. The van der Waals surface area contributed by atoms with Gasteiger partial charge in [-0.3, -0.25) is 0 Å². The molecule has 0 aromatic heterocycles. The zero-order chi connectivity index (χ0) is 12.0. The second kappa shape index (κ2) is 6.27. The Morgan fingerprint density at radius 1 is 1.31 bits per heavy atom. The van der Waals surface area contributed by atoms with E-state index in [0.29, 0.717) is 29.4 Å². The highest BCUT2D eigenvalue weighted by Gasteiger charge is 2.10. The van der Waals surface area contributed by atoms with Gasteiger partial charge in [0, 0.05) is 5.75 Å². The summed E-state index contributed by atoms with van der Waals surface area (Å²) < 4.78 is 15.1. The van der Waals surface area contributed by atoms with E-state index in [2.05, 4.69) is 17.4 Å². The van der Waals surface area contributed by atoms with E-state index in [4.69, 9.17) is 9.47 Å². The van der Waals surface area contributed by atoms with Crippen LogP contribution in [-0.2, 0) is 4.74 Å². The minimum Gasteiger partial charge on any atom is -0.493 e. The lowest BCUT2D eigenvalue weighted by atomic mass is 10.2. The summed E-state index contributed by atoms with van der Waals surface area (Å²) in [5.74, 6) is 1.30. The Labute approximate surface area is 99.9 Å². The first-order valence-corrected chi connectivity index (χ1v) is 5.36. The quantitative estimate of drug-likeness (QED) is 0.631. The van der Waals surface area contributed by atoms with E-state index in [1.54, 1.807) is 18.2 Å². The zero-order valence-electron chi connectivity index (χ0n) is 9.23. The molecule has 0 aliphatic heterocycles. The summed E-state index contributed by atoms with van der Waals surface area (Å²) in [5.41, 5.74) is 0.428. The normalized spacial score (nSPS) is 9.69. The third-order valence-electron chi connectivity index (χ3n) is 1.93. The first-order valence-electron chi connectivity index (χ1n) is 4.73. The van der Waals surface area contributed by atoms with Crippen molar-refractivity contribution in [3.05, 3.63) is 23.8 Å². The van der Waals surface area contributed by atoms with E-state index in [1.165, 1.54) is 14.2 Å². The van der Waals surface area contributed by atoms with Gasteiger partial charge in [0.2, 0.25) is 0 Å². The fourth-order valence-electron chi connectivity index (χ4n) is 1.19. The van der Waals surface area contributed by atoms with Crippen molar-refractivity contribution >= 4 is 18.6 Å². The number of thiol groups is 1. The van der Waals surface area contributed by atoms with Crippen LogP contribution in [0.1, 0.15) is 10.4 Å². The largest absolute Gasteiger partial charge is 0.493 e. The summed E-state index contributed by atoms with van der Waals surface area (Å²) in [5, 5.41) is 0. The number of rotatable bonds is 5. The van der Waals surface area contributed by atoms with Crippen molar-refractivity contribution in [3.8, 4) is 11.5 Å². The Bertz CT molecular complexity index is 365. The monoisotopic (exact) mass is 242 g/mol. The minimum absolute atomic E-state index is 0.404. The van der Waals surface area contributed by atoms with Crippen molar-refractivity contribution in [3.63, 3.8) is 0 Å². The Kier molecular flexibility index (Phi) is 4.98. The smallest absolute Gasteiger partial charge is 0.337 e. The lowest BCUT2D eigenvalue weighted by Crippen LogP contribution is -2.04. The molecule has 88 valence electrons. The van der Waals surface area contributed by atoms with Crippen LogP contribution in [0.4, 0.5) is 0 Å². The van der Waals surface area contributed by atoms with Gasteiger partial charge in [0.25, 0.3) is 0 Å². The molecule has 0 fully saturated rings. The third-order valence-corrected chi connectivity index (χ3v) is 2.12. The fraction of sp³-hybridized carbons (Fsp3) is 0.364. The average Bonchev–Trinajstić information content (AvgIpc) is 2.35. The molecule has 1 rings (SSSR count). The van der Waals surface area contributed by atoms with Crippen LogP contribution >= 0.6 is 12.6 Å². The molecule has 0 saturated heterocycles. The van der Waals surface area contributed by atoms with Gasteiger partial charge in [-0.05, 0) is 18.2 Å². The highest BCUT2D eigenvalue weighted by Crippen LogP contribution is 2.28. The Hall–Kier alpha value is -1.36. The zero-order valence-corrected chi connectivity index (χ0v) is 10.1. The molecule has 0 saturated carbocycles. The van der Waals surface area contributed by atoms with Gasteiger partial charge in [0.15, 0.2) is 11.5 Å². The number of hydrogen-bond acceptors (Lipinski definition) is 5. The van der Waals surface area contributed by atoms with Gasteiger partial charge in [-0.1, -0.05) is 0 Å². The first kappa shape index (κ1) is 12.7. The minimum atomic E-state index is -0.404. The maximum absolute atomic E-state index is 11.3. The fourth-order valence-corrected chi connectivity index (χ4v) is 1.28. The molecule has 16 heavy (non-hydrogen) atoms. The number of carbonyl (C=O) groups is 1. The SMILES string of the molecule is COC(=O)c1ccc(OCCS)c(OC)c1. The molecule has 0 unspecified atom stereocenters. The van der Waals surface area contributed by atoms with E-state index in [9.17, 15) is 4.79 Å². The maximum atomic E-state index is 11.3. The molecular formula is C11H14O4S. The third kappa shape index (κ3) is 3.06. The molecule has 4 nitrogen and oxygen atoms in total. The summed E-state index contributed by atoms with van der Waals surface area (Å²) >= 11 is 4.04. The van der Waals surface area contributed by atoms with E-state index >= 15 is 0 Å². The molecule has 5 heteroatoms. The van der Waals surface area contributed by atoms with Crippen LogP contribution in [0.15, 0.2) is 18.2 Å². The van der Waals surface area contributed by atoms with Gasteiger partial charge in [0.05, 0.1) is 26.4 Å². The predicted molar refractivity (Wildman–Crippen MR) is 63.7 cm³/mol. The van der Waals surface area contributed by atoms with Crippen molar-refractivity contribution < 1.29 is 19.0 Å². The van der Waals surface area contributed by atoms with Crippen molar-refractivity contribution in [1.82, 2.24) is 0 Å². The molecule has 0 bridgehead atoms. The molecule has 0 aliphatic rings. The Balaban J connectivity index is 2.92. The van der Waals surface area contributed by atoms with Gasteiger partial charge < -0.3 is 14.2 Å². The van der Waals surface area contributed by atoms with Gasteiger partial charge in [-0.2, -0.15) is 12.6 Å².